The van der Waals surface area contributed by atoms with E-state index in [2.05, 4.69) is 20.8 Å². The number of thiocarbonyl (C=S) groups is 1. The Morgan fingerprint density at radius 2 is 1.71 bits per heavy atom. The molecular formula is C17H30N2OS. The predicted octanol–water partition coefficient (Wildman–Crippen LogP) is 3.51. The molecule has 0 radical (unpaired) electrons. The van der Waals surface area contributed by atoms with Gasteiger partial charge in [0.15, 0.2) is 0 Å². The first-order valence-electron chi connectivity index (χ1n) is 8.40. The third-order valence-corrected chi connectivity index (χ3v) is 5.69. The summed E-state index contributed by atoms with van der Waals surface area (Å²) < 4.78 is 0. The Balaban J connectivity index is 1.96. The molecule has 1 saturated heterocycles. The summed E-state index contributed by atoms with van der Waals surface area (Å²) in [5.74, 6) is 1.24. The molecule has 0 aromatic carbocycles. The highest BCUT2D eigenvalue weighted by Gasteiger charge is 2.37. The van der Waals surface area contributed by atoms with Crippen LogP contribution in [0.5, 0.6) is 0 Å². The molecule has 0 bridgehead atoms. The molecule has 1 atom stereocenters. The number of rotatable bonds is 2. The highest BCUT2D eigenvalue weighted by molar-refractivity contribution is 7.80. The minimum absolute atomic E-state index is 0.00147. The van der Waals surface area contributed by atoms with Crippen LogP contribution in [-0.4, -0.2) is 28.4 Å². The van der Waals surface area contributed by atoms with Crippen molar-refractivity contribution in [1.82, 2.24) is 4.90 Å². The second-order valence-electron chi connectivity index (χ2n) is 7.86. The van der Waals surface area contributed by atoms with Crippen molar-refractivity contribution in [3.05, 3.63) is 0 Å². The molecule has 0 spiro atoms. The van der Waals surface area contributed by atoms with Crippen molar-refractivity contribution in [3.63, 3.8) is 0 Å². The van der Waals surface area contributed by atoms with Crippen LogP contribution in [0.25, 0.3) is 0 Å². The van der Waals surface area contributed by atoms with Gasteiger partial charge in [-0.25, -0.2) is 0 Å². The van der Waals surface area contributed by atoms with Gasteiger partial charge in [0.1, 0.15) is 0 Å². The first kappa shape index (κ1) is 16.7. The fourth-order valence-corrected chi connectivity index (χ4v) is 4.18. The number of piperidine rings is 1. The van der Waals surface area contributed by atoms with E-state index in [9.17, 15) is 4.79 Å². The average molecular weight is 311 g/mol. The Hall–Kier alpha value is -0.640. The summed E-state index contributed by atoms with van der Waals surface area (Å²) >= 11 is 5.16. The number of nitrogens with two attached hydrogens (primary N) is 1. The van der Waals surface area contributed by atoms with Crippen molar-refractivity contribution in [1.29, 1.82) is 0 Å². The second kappa shape index (κ2) is 6.64. The van der Waals surface area contributed by atoms with Crippen LogP contribution < -0.4 is 5.73 Å². The molecular weight excluding hydrogens is 280 g/mol. The molecule has 1 unspecified atom stereocenters. The van der Waals surface area contributed by atoms with Gasteiger partial charge in [0.05, 0.1) is 11.0 Å². The maximum absolute atomic E-state index is 12.8. The van der Waals surface area contributed by atoms with E-state index < -0.39 is 0 Å². The normalized spacial score (nSPS) is 31.0. The van der Waals surface area contributed by atoms with Gasteiger partial charge in [-0.1, -0.05) is 33.0 Å². The smallest absolute Gasteiger partial charge is 0.226 e. The van der Waals surface area contributed by atoms with Gasteiger partial charge in [-0.15, -0.1) is 0 Å². The van der Waals surface area contributed by atoms with Gasteiger partial charge >= 0.3 is 0 Å². The minimum atomic E-state index is 0.00147. The number of amides is 1. The zero-order chi connectivity index (χ0) is 15.6. The van der Waals surface area contributed by atoms with E-state index in [1.807, 2.05) is 4.90 Å². The fraction of sp³-hybridized carbons (Fsp3) is 0.882. The van der Waals surface area contributed by atoms with Crippen LogP contribution >= 0.6 is 12.2 Å². The molecule has 2 N–H and O–H groups in total. The number of likely N-dealkylation sites (tertiary alicyclic amines) is 1. The molecule has 21 heavy (non-hydrogen) atoms. The number of carbonyl (C=O) groups is 1. The molecule has 3 nitrogen and oxygen atoms in total. The zero-order valence-corrected chi connectivity index (χ0v) is 14.5. The highest BCUT2D eigenvalue weighted by atomic mass is 32.1. The zero-order valence-electron chi connectivity index (χ0n) is 13.7. The van der Waals surface area contributed by atoms with Crippen LogP contribution in [0.3, 0.4) is 0 Å². The van der Waals surface area contributed by atoms with Crippen LogP contribution in [0.1, 0.15) is 65.7 Å². The first-order valence-corrected chi connectivity index (χ1v) is 8.81. The molecule has 4 heteroatoms. The van der Waals surface area contributed by atoms with Gasteiger partial charge < -0.3 is 10.6 Å². The first-order chi connectivity index (χ1) is 9.80. The summed E-state index contributed by atoms with van der Waals surface area (Å²) in [6.45, 7) is 7.77. The second-order valence-corrected chi connectivity index (χ2v) is 8.33. The average Bonchev–Trinajstić information content (AvgIpc) is 2.45. The van der Waals surface area contributed by atoms with Crippen molar-refractivity contribution in [2.45, 2.75) is 71.8 Å². The fourth-order valence-electron chi connectivity index (χ4n) is 3.93. The lowest BCUT2D eigenvalue weighted by Crippen LogP contribution is -2.52. The summed E-state index contributed by atoms with van der Waals surface area (Å²) in [5.41, 5.74) is 6.20. The molecule has 0 aromatic heterocycles. The Morgan fingerprint density at radius 1 is 1.10 bits per heavy atom. The molecule has 1 aliphatic carbocycles. The van der Waals surface area contributed by atoms with Crippen LogP contribution in [-0.2, 0) is 4.79 Å². The van der Waals surface area contributed by atoms with Crippen molar-refractivity contribution >= 4 is 23.1 Å². The van der Waals surface area contributed by atoms with Gasteiger partial charge in [-0.2, -0.15) is 0 Å². The molecule has 2 aliphatic rings. The summed E-state index contributed by atoms with van der Waals surface area (Å²) in [6, 6.07) is 0.00147. The molecule has 2 fully saturated rings. The maximum atomic E-state index is 12.8. The monoisotopic (exact) mass is 310 g/mol. The summed E-state index contributed by atoms with van der Waals surface area (Å²) in [4.78, 5) is 15.3. The highest BCUT2D eigenvalue weighted by Crippen LogP contribution is 2.40. The summed E-state index contributed by atoms with van der Waals surface area (Å²) in [7, 11) is 0. The Bertz CT molecular complexity index is 394. The SMILES string of the molecule is CC(C)(C)C1CCC(C(=O)N2CCCCC2C(N)=S)CC1. The quantitative estimate of drug-likeness (QED) is 0.794. The van der Waals surface area contributed by atoms with E-state index in [-0.39, 0.29) is 12.0 Å². The Morgan fingerprint density at radius 3 is 2.24 bits per heavy atom. The number of hydrogen-bond acceptors (Lipinski definition) is 2. The minimum Gasteiger partial charge on any atom is -0.392 e. The summed E-state index contributed by atoms with van der Waals surface area (Å²) in [6.07, 6.45) is 7.56. The van der Waals surface area contributed by atoms with Gasteiger partial charge in [-0.3, -0.25) is 4.79 Å². The Kier molecular flexibility index (Phi) is 5.29. The van der Waals surface area contributed by atoms with Gasteiger partial charge in [0.25, 0.3) is 0 Å². The molecule has 1 aliphatic heterocycles. The number of carbonyl (C=O) groups excluding carboxylic acids is 1. The van der Waals surface area contributed by atoms with E-state index in [0.717, 1.165) is 44.6 Å². The van der Waals surface area contributed by atoms with Gasteiger partial charge in [0, 0.05) is 12.5 Å². The number of nitrogens with zero attached hydrogens (tertiary/aromatic N) is 1. The van der Waals surface area contributed by atoms with E-state index in [1.54, 1.807) is 0 Å². The van der Waals surface area contributed by atoms with E-state index in [1.165, 1.54) is 12.8 Å². The van der Waals surface area contributed by atoms with Crippen molar-refractivity contribution < 1.29 is 4.79 Å². The molecule has 1 saturated carbocycles. The largest absolute Gasteiger partial charge is 0.392 e. The van der Waals surface area contributed by atoms with Crippen molar-refractivity contribution in [2.24, 2.45) is 23.0 Å². The van der Waals surface area contributed by atoms with E-state index in [4.69, 9.17) is 18.0 Å². The Labute approximate surface area is 134 Å². The third-order valence-electron chi connectivity index (χ3n) is 5.42. The molecule has 0 aromatic rings. The van der Waals surface area contributed by atoms with E-state index >= 15 is 0 Å². The van der Waals surface area contributed by atoms with Crippen LogP contribution in [0.2, 0.25) is 0 Å². The molecule has 120 valence electrons. The van der Waals surface area contributed by atoms with Crippen molar-refractivity contribution in [3.8, 4) is 0 Å². The maximum Gasteiger partial charge on any atom is 0.226 e. The topological polar surface area (TPSA) is 46.3 Å². The van der Waals surface area contributed by atoms with Crippen LogP contribution in [0, 0.1) is 17.3 Å². The lowest BCUT2D eigenvalue weighted by atomic mass is 9.69. The molecule has 2 rings (SSSR count). The van der Waals surface area contributed by atoms with Crippen molar-refractivity contribution in [2.75, 3.05) is 6.54 Å². The molecule has 1 heterocycles. The van der Waals surface area contributed by atoms with Gasteiger partial charge in [0.2, 0.25) is 5.91 Å². The van der Waals surface area contributed by atoms with E-state index in [0.29, 0.717) is 16.3 Å². The molecule has 1 amide bonds. The predicted molar refractivity (Wildman–Crippen MR) is 91.0 cm³/mol. The lowest BCUT2D eigenvalue weighted by Gasteiger charge is -2.41. The number of hydrogen-bond donors (Lipinski definition) is 1. The van der Waals surface area contributed by atoms with Gasteiger partial charge in [-0.05, 0) is 56.3 Å². The van der Waals surface area contributed by atoms with Crippen LogP contribution in [0.15, 0.2) is 0 Å². The summed E-state index contributed by atoms with van der Waals surface area (Å²) in [5, 5.41) is 0. The lowest BCUT2D eigenvalue weighted by molar-refractivity contribution is -0.139. The standard InChI is InChI=1S/C17H30N2OS/c1-17(2,3)13-9-7-12(8-10-13)16(20)19-11-5-4-6-14(19)15(18)21/h12-14H,4-11H2,1-3H3,(H2,18,21). The van der Waals surface area contributed by atoms with Crippen LogP contribution in [0.4, 0.5) is 0 Å². The third kappa shape index (κ3) is 3.97.